The summed E-state index contributed by atoms with van der Waals surface area (Å²) in [6, 6.07) is 21.6. The fourth-order valence-corrected chi connectivity index (χ4v) is 5.04. The second-order valence-corrected chi connectivity index (χ2v) is 9.25. The number of carbonyl (C=O) groups is 1. The van der Waals surface area contributed by atoms with Gasteiger partial charge in [-0.3, -0.25) is 14.8 Å². The van der Waals surface area contributed by atoms with E-state index < -0.39 is 0 Å². The highest BCUT2D eigenvalue weighted by Crippen LogP contribution is 2.42. The van der Waals surface area contributed by atoms with Gasteiger partial charge >= 0.3 is 0 Å². The number of aryl methyl sites for hydroxylation is 1. The zero-order valence-electron chi connectivity index (χ0n) is 20.7. The molecule has 0 unspecified atom stereocenters. The lowest BCUT2D eigenvalue weighted by atomic mass is 10.0. The Morgan fingerprint density at radius 3 is 2.59 bits per heavy atom. The Bertz CT molecular complexity index is 1390. The molecule has 3 aromatic heterocycles. The zero-order chi connectivity index (χ0) is 25.8. The van der Waals surface area contributed by atoms with Gasteiger partial charge in [-0.25, -0.2) is 0 Å². The number of anilines is 2. The van der Waals surface area contributed by atoms with E-state index in [1.54, 1.807) is 6.20 Å². The highest BCUT2D eigenvalue weighted by Gasteiger charge is 2.42. The molecule has 188 valence electrons. The maximum absolute atomic E-state index is 12.1. The van der Waals surface area contributed by atoms with Gasteiger partial charge in [-0.05, 0) is 79.3 Å². The van der Waals surface area contributed by atoms with E-state index in [-0.39, 0.29) is 24.6 Å². The minimum atomic E-state index is -0.197. The number of hydrogen-bond acceptors (Lipinski definition) is 5. The summed E-state index contributed by atoms with van der Waals surface area (Å²) in [6.07, 6.45) is 5.68. The molecule has 2 N–H and O–H groups in total. The quantitative estimate of drug-likeness (QED) is 0.339. The normalized spacial score (nSPS) is 17.0. The number of benzene rings is 1. The minimum Gasteiger partial charge on any atom is -0.375 e. The van der Waals surface area contributed by atoms with Gasteiger partial charge in [0.25, 0.3) is 0 Å². The summed E-state index contributed by atoms with van der Waals surface area (Å²) in [5.74, 6) is -0.197. The molecule has 0 saturated carbocycles. The Hall–Kier alpha value is -4.08. The van der Waals surface area contributed by atoms with E-state index in [1.165, 1.54) is 7.11 Å². The SMILES string of the molecule is COCC(=O)Nc1ccc(N2C(=S)N[C@@H](c3ccccn3)[C@@H]2c2cccn2Cc2ccccn2)cc1C. The number of nitrogens with one attached hydrogen (secondary N) is 2. The molecule has 1 saturated heterocycles. The Morgan fingerprint density at radius 2 is 1.89 bits per heavy atom. The average Bonchev–Trinajstić information content (AvgIpc) is 3.50. The van der Waals surface area contributed by atoms with E-state index in [2.05, 4.69) is 42.3 Å². The van der Waals surface area contributed by atoms with Crippen LogP contribution in [0.1, 0.15) is 34.7 Å². The topological polar surface area (TPSA) is 84.3 Å². The number of pyridine rings is 2. The van der Waals surface area contributed by atoms with Crippen molar-refractivity contribution >= 4 is 34.6 Å². The standard InChI is InChI=1S/C28H28N6O2S/c1-19-16-21(11-12-22(19)31-25(35)18-36-2)34-27(26(32-28(34)37)23-9-4-6-14-30-23)24-10-7-15-33(24)17-20-8-3-5-13-29-20/h3-16,26-27H,17-18H2,1-2H3,(H,31,35)(H,32,37)/t26-,27-/m0/s1. The molecule has 0 aliphatic carbocycles. The van der Waals surface area contributed by atoms with Crippen LogP contribution in [-0.4, -0.2) is 39.3 Å². The van der Waals surface area contributed by atoms with Crippen LogP contribution in [0, 0.1) is 6.92 Å². The number of methoxy groups -OCH3 is 1. The summed E-state index contributed by atoms with van der Waals surface area (Å²) in [4.78, 5) is 23.4. The van der Waals surface area contributed by atoms with E-state index in [0.717, 1.165) is 34.0 Å². The number of thiocarbonyl (C=S) groups is 1. The smallest absolute Gasteiger partial charge is 0.250 e. The predicted molar refractivity (Wildman–Crippen MR) is 147 cm³/mol. The van der Waals surface area contributed by atoms with E-state index in [4.69, 9.17) is 17.0 Å². The van der Waals surface area contributed by atoms with Crippen molar-refractivity contribution in [2.45, 2.75) is 25.6 Å². The second kappa shape index (κ2) is 10.9. The molecule has 8 nitrogen and oxygen atoms in total. The van der Waals surface area contributed by atoms with Gasteiger partial charge in [0.05, 0.1) is 24.0 Å². The first-order chi connectivity index (χ1) is 18.0. The molecule has 0 radical (unpaired) electrons. The number of aromatic nitrogens is 3. The highest BCUT2D eigenvalue weighted by molar-refractivity contribution is 7.80. The monoisotopic (exact) mass is 512 g/mol. The van der Waals surface area contributed by atoms with Gasteiger partial charge in [-0.1, -0.05) is 12.1 Å². The molecule has 9 heteroatoms. The van der Waals surface area contributed by atoms with Crippen molar-refractivity contribution in [1.82, 2.24) is 19.9 Å². The molecule has 1 aromatic carbocycles. The minimum absolute atomic E-state index is 0.00239. The number of hydrogen-bond donors (Lipinski definition) is 2. The summed E-state index contributed by atoms with van der Waals surface area (Å²) in [5.41, 5.74) is 5.55. The Kier molecular flexibility index (Phi) is 7.25. The third kappa shape index (κ3) is 5.23. The maximum Gasteiger partial charge on any atom is 0.250 e. The molecule has 1 aliphatic rings. The Morgan fingerprint density at radius 1 is 1.08 bits per heavy atom. The average molecular weight is 513 g/mol. The van der Waals surface area contributed by atoms with E-state index in [0.29, 0.717) is 11.7 Å². The fraction of sp³-hybridized carbons (Fsp3) is 0.214. The van der Waals surface area contributed by atoms with Crippen LogP contribution in [0.3, 0.4) is 0 Å². The molecule has 2 atom stereocenters. The summed E-state index contributed by atoms with van der Waals surface area (Å²) in [7, 11) is 1.50. The molecule has 4 heterocycles. The molecule has 1 fully saturated rings. The molecule has 5 rings (SSSR count). The predicted octanol–water partition coefficient (Wildman–Crippen LogP) is 4.40. The lowest BCUT2D eigenvalue weighted by molar-refractivity contribution is -0.119. The molecule has 4 aromatic rings. The van der Waals surface area contributed by atoms with Gasteiger partial charge in [0.2, 0.25) is 5.91 Å². The van der Waals surface area contributed by atoms with Crippen LogP contribution < -0.4 is 15.5 Å². The molecule has 1 amide bonds. The fourth-order valence-electron chi connectivity index (χ4n) is 4.69. The summed E-state index contributed by atoms with van der Waals surface area (Å²) >= 11 is 5.88. The van der Waals surface area contributed by atoms with Gasteiger partial charge in [-0.15, -0.1) is 0 Å². The van der Waals surface area contributed by atoms with Crippen molar-refractivity contribution < 1.29 is 9.53 Å². The van der Waals surface area contributed by atoms with Gasteiger partial charge in [0.1, 0.15) is 12.6 Å². The largest absolute Gasteiger partial charge is 0.375 e. The molecule has 0 bridgehead atoms. The lowest BCUT2D eigenvalue weighted by Gasteiger charge is -2.29. The van der Waals surface area contributed by atoms with Crippen LogP contribution in [0.25, 0.3) is 0 Å². The van der Waals surface area contributed by atoms with Crippen LogP contribution >= 0.6 is 12.2 Å². The number of amides is 1. The van der Waals surface area contributed by atoms with E-state index in [1.807, 2.05) is 73.8 Å². The number of rotatable bonds is 8. The molecular formula is C28H28N6O2S. The highest BCUT2D eigenvalue weighted by atomic mass is 32.1. The van der Waals surface area contributed by atoms with Crippen LogP contribution in [0.4, 0.5) is 11.4 Å². The number of carbonyl (C=O) groups excluding carboxylic acids is 1. The molecule has 0 spiro atoms. The second-order valence-electron chi connectivity index (χ2n) is 8.86. The van der Waals surface area contributed by atoms with Crippen molar-refractivity contribution in [3.05, 3.63) is 108 Å². The van der Waals surface area contributed by atoms with Gasteiger partial charge in [0.15, 0.2) is 5.11 Å². The van der Waals surface area contributed by atoms with E-state index >= 15 is 0 Å². The summed E-state index contributed by atoms with van der Waals surface area (Å²) < 4.78 is 7.15. The van der Waals surface area contributed by atoms with Crippen LogP contribution in [0.2, 0.25) is 0 Å². The third-order valence-electron chi connectivity index (χ3n) is 6.36. The molecule has 1 aliphatic heterocycles. The zero-order valence-corrected chi connectivity index (χ0v) is 21.5. The maximum atomic E-state index is 12.1. The Balaban J connectivity index is 1.54. The number of nitrogens with zero attached hydrogens (tertiary/aromatic N) is 4. The van der Waals surface area contributed by atoms with Gasteiger partial charge in [-0.2, -0.15) is 0 Å². The summed E-state index contributed by atoms with van der Waals surface area (Å²) in [6.45, 7) is 2.61. The van der Waals surface area contributed by atoms with Crippen LogP contribution in [0.5, 0.6) is 0 Å². The van der Waals surface area contributed by atoms with Crippen molar-refractivity contribution in [2.75, 3.05) is 23.9 Å². The Labute approximate surface area is 221 Å². The molecule has 37 heavy (non-hydrogen) atoms. The van der Waals surface area contributed by atoms with Crippen molar-refractivity contribution in [1.29, 1.82) is 0 Å². The third-order valence-corrected chi connectivity index (χ3v) is 6.68. The first-order valence-corrected chi connectivity index (χ1v) is 12.4. The van der Waals surface area contributed by atoms with Crippen molar-refractivity contribution in [3.8, 4) is 0 Å². The molecular weight excluding hydrogens is 484 g/mol. The van der Waals surface area contributed by atoms with Crippen LogP contribution in [-0.2, 0) is 16.1 Å². The first-order valence-electron chi connectivity index (χ1n) is 12.0. The van der Waals surface area contributed by atoms with Crippen molar-refractivity contribution in [2.24, 2.45) is 0 Å². The lowest BCUT2D eigenvalue weighted by Crippen LogP contribution is -2.30. The van der Waals surface area contributed by atoms with E-state index in [9.17, 15) is 4.79 Å². The first kappa shape index (κ1) is 24.6. The number of ether oxygens (including phenoxy) is 1. The summed E-state index contributed by atoms with van der Waals surface area (Å²) in [5, 5.41) is 7.02. The van der Waals surface area contributed by atoms with Gasteiger partial charge < -0.3 is 24.8 Å². The van der Waals surface area contributed by atoms with Crippen molar-refractivity contribution in [3.63, 3.8) is 0 Å². The van der Waals surface area contributed by atoms with Gasteiger partial charge in [0, 0.05) is 42.8 Å². The van der Waals surface area contributed by atoms with Crippen LogP contribution in [0.15, 0.2) is 85.3 Å².